The second-order valence-electron chi connectivity index (χ2n) is 4.61. The second-order valence-corrected chi connectivity index (χ2v) is 4.61. The predicted molar refractivity (Wildman–Crippen MR) is 69.9 cm³/mol. The molecule has 0 saturated carbocycles. The summed E-state index contributed by atoms with van der Waals surface area (Å²) >= 11 is 0. The summed E-state index contributed by atoms with van der Waals surface area (Å²) in [6, 6.07) is 3.74. The van der Waals surface area contributed by atoms with Gasteiger partial charge < -0.3 is 9.64 Å². The van der Waals surface area contributed by atoms with Crippen molar-refractivity contribution in [3.8, 4) is 0 Å². The molecule has 4 heteroatoms. The number of hydrogen-bond donors (Lipinski definition) is 0. The maximum absolute atomic E-state index is 12.0. The zero-order valence-corrected chi connectivity index (χ0v) is 10.7. The molecule has 0 aromatic carbocycles. The fraction of sp³-hybridized carbons (Fsp3) is 0.429. The van der Waals surface area contributed by atoms with Gasteiger partial charge in [-0.25, -0.2) is 0 Å². The maximum Gasteiger partial charge on any atom is 0.246 e. The van der Waals surface area contributed by atoms with Crippen LogP contribution in [0.2, 0.25) is 0 Å². The van der Waals surface area contributed by atoms with Crippen molar-refractivity contribution in [3.05, 3.63) is 36.2 Å². The third-order valence-corrected chi connectivity index (χ3v) is 2.86. The lowest BCUT2D eigenvalue weighted by Gasteiger charge is -2.34. The molecule has 1 amide bonds. The summed E-state index contributed by atoms with van der Waals surface area (Å²) in [6.45, 7) is 5.29. The minimum atomic E-state index is 0.0359. The van der Waals surface area contributed by atoms with Crippen LogP contribution in [0.3, 0.4) is 0 Å². The van der Waals surface area contributed by atoms with Crippen LogP contribution in [0.4, 0.5) is 0 Å². The molecule has 2 unspecified atom stereocenters. The Hall–Kier alpha value is -1.68. The molecule has 2 atom stereocenters. The van der Waals surface area contributed by atoms with E-state index in [0.29, 0.717) is 13.1 Å². The molecule has 2 heterocycles. The number of carbonyl (C=O) groups is 1. The fourth-order valence-corrected chi connectivity index (χ4v) is 2.11. The standard InChI is InChI=1S/C14H18N2O2/c1-11-9-16(10-12(2)18-11)14(17)4-3-13-5-7-15-8-6-13/h3-8,11-12H,9-10H2,1-2H3/b4-3+. The maximum atomic E-state index is 12.0. The van der Waals surface area contributed by atoms with Crippen LogP contribution in [-0.2, 0) is 9.53 Å². The molecule has 18 heavy (non-hydrogen) atoms. The molecule has 4 nitrogen and oxygen atoms in total. The van der Waals surface area contributed by atoms with Gasteiger partial charge in [-0.05, 0) is 37.6 Å². The molecular formula is C14H18N2O2. The molecule has 0 aliphatic carbocycles. The number of nitrogens with zero attached hydrogens (tertiary/aromatic N) is 2. The highest BCUT2D eigenvalue weighted by Crippen LogP contribution is 2.11. The Kier molecular flexibility index (Phi) is 4.10. The Bertz CT molecular complexity index is 421. The summed E-state index contributed by atoms with van der Waals surface area (Å²) in [5, 5.41) is 0. The van der Waals surface area contributed by atoms with E-state index in [0.717, 1.165) is 5.56 Å². The molecule has 0 spiro atoms. The second kappa shape index (κ2) is 5.78. The number of pyridine rings is 1. The normalized spacial score (nSPS) is 24.4. The minimum Gasteiger partial charge on any atom is -0.372 e. The van der Waals surface area contributed by atoms with Crippen molar-refractivity contribution in [3.63, 3.8) is 0 Å². The predicted octanol–water partition coefficient (Wildman–Crippen LogP) is 1.73. The molecule has 1 aliphatic heterocycles. The number of hydrogen-bond acceptors (Lipinski definition) is 3. The molecule has 0 radical (unpaired) electrons. The molecule has 96 valence electrons. The summed E-state index contributed by atoms with van der Waals surface area (Å²) < 4.78 is 5.60. The average molecular weight is 246 g/mol. The highest BCUT2D eigenvalue weighted by atomic mass is 16.5. The van der Waals surface area contributed by atoms with Crippen LogP contribution < -0.4 is 0 Å². The van der Waals surface area contributed by atoms with E-state index in [2.05, 4.69) is 4.98 Å². The van der Waals surface area contributed by atoms with Crippen molar-refractivity contribution in [2.75, 3.05) is 13.1 Å². The first-order chi connectivity index (χ1) is 8.65. The van der Waals surface area contributed by atoms with Crippen LogP contribution in [0.25, 0.3) is 6.08 Å². The van der Waals surface area contributed by atoms with Crippen LogP contribution in [0.5, 0.6) is 0 Å². The Morgan fingerprint density at radius 1 is 1.33 bits per heavy atom. The Labute approximate surface area is 107 Å². The van der Waals surface area contributed by atoms with Gasteiger partial charge in [-0.2, -0.15) is 0 Å². The van der Waals surface area contributed by atoms with E-state index in [1.54, 1.807) is 18.5 Å². The van der Waals surface area contributed by atoms with Gasteiger partial charge in [0.1, 0.15) is 0 Å². The summed E-state index contributed by atoms with van der Waals surface area (Å²) in [5.74, 6) is 0.0359. The van der Waals surface area contributed by atoms with E-state index >= 15 is 0 Å². The van der Waals surface area contributed by atoms with Crippen LogP contribution in [0, 0.1) is 0 Å². The van der Waals surface area contributed by atoms with Crippen LogP contribution >= 0.6 is 0 Å². The summed E-state index contributed by atoms with van der Waals surface area (Å²) in [7, 11) is 0. The Morgan fingerprint density at radius 3 is 2.56 bits per heavy atom. The SMILES string of the molecule is CC1CN(C(=O)/C=C/c2ccncc2)CC(C)O1. The number of carbonyl (C=O) groups excluding carboxylic acids is 1. The third kappa shape index (κ3) is 3.40. The first-order valence-corrected chi connectivity index (χ1v) is 6.17. The highest BCUT2D eigenvalue weighted by Gasteiger charge is 2.24. The topological polar surface area (TPSA) is 42.4 Å². The van der Waals surface area contributed by atoms with Gasteiger partial charge >= 0.3 is 0 Å². The lowest BCUT2D eigenvalue weighted by Crippen LogP contribution is -2.47. The highest BCUT2D eigenvalue weighted by molar-refractivity contribution is 5.91. The lowest BCUT2D eigenvalue weighted by molar-refractivity contribution is -0.137. The van der Waals surface area contributed by atoms with Gasteiger partial charge in [0, 0.05) is 31.6 Å². The molecule has 1 aromatic rings. The zero-order chi connectivity index (χ0) is 13.0. The molecule has 1 aliphatic rings. The van der Waals surface area contributed by atoms with Crippen molar-refractivity contribution in [2.24, 2.45) is 0 Å². The minimum absolute atomic E-state index is 0.0359. The van der Waals surface area contributed by atoms with Crippen molar-refractivity contribution in [1.29, 1.82) is 0 Å². The van der Waals surface area contributed by atoms with E-state index in [1.807, 2.05) is 37.0 Å². The number of amides is 1. The number of rotatable bonds is 2. The summed E-state index contributed by atoms with van der Waals surface area (Å²) in [5.41, 5.74) is 0.979. The zero-order valence-electron chi connectivity index (χ0n) is 10.7. The first kappa shape index (κ1) is 12.8. The monoisotopic (exact) mass is 246 g/mol. The lowest BCUT2D eigenvalue weighted by atomic mass is 10.2. The van der Waals surface area contributed by atoms with Crippen molar-refractivity contribution < 1.29 is 9.53 Å². The van der Waals surface area contributed by atoms with Crippen LogP contribution in [-0.4, -0.2) is 41.1 Å². The van der Waals surface area contributed by atoms with E-state index in [1.165, 1.54) is 0 Å². The number of morpholine rings is 1. The van der Waals surface area contributed by atoms with Gasteiger partial charge in [-0.1, -0.05) is 0 Å². The molecule has 0 bridgehead atoms. The van der Waals surface area contributed by atoms with Crippen molar-refractivity contribution >= 4 is 12.0 Å². The number of aromatic nitrogens is 1. The number of ether oxygens (including phenoxy) is 1. The van der Waals surface area contributed by atoms with E-state index in [-0.39, 0.29) is 18.1 Å². The van der Waals surface area contributed by atoms with Crippen LogP contribution in [0.15, 0.2) is 30.6 Å². The molecule has 1 aromatic heterocycles. The van der Waals surface area contributed by atoms with E-state index in [9.17, 15) is 4.79 Å². The summed E-state index contributed by atoms with van der Waals surface area (Å²) in [6.07, 6.45) is 7.06. The Balaban J connectivity index is 1.97. The smallest absolute Gasteiger partial charge is 0.246 e. The van der Waals surface area contributed by atoms with Gasteiger partial charge in [-0.15, -0.1) is 0 Å². The van der Waals surface area contributed by atoms with Gasteiger partial charge in [0.15, 0.2) is 0 Å². The largest absolute Gasteiger partial charge is 0.372 e. The van der Waals surface area contributed by atoms with Gasteiger partial charge in [0.05, 0.1) is 12.2 Å². The van der Waals surface area contributed by atoms with Gasteiger partial charge in [0.2, 0.25) is 5.91 Å². The van der Waals surface area contributed by atoms with E-state index in [4.69, 9.17) is 4.74 Å². The molecular weight excluding hydrogens is 228 g/mol. The van der Waals surface area contributed by atoms with Gasteiger partial charge in [-0.3, -0.25) is 9.78 Å². The van der Waals surface area contributed by atoms with E-state index < -0.39 is 0 Å². The average Bonchev–Trinajstić information content (AvgIpc) is 2.36. The van der Waals surface area contributed by atoms with Gasteiger partial charge in [0.25, 0.3) is 0 Å². The molecule has 1 saturated heterocycles. The Morgan fingerprint density at radius 2 is 1.94 bits per heavy atom. The van der Waals surface area contributed by atoms with Crippen molar-refractivity contribution in [1.82, 2.24) is 9.88 Å². The fourth-order valence-electron chi connectivity index (χ4n) is 2.11. The van der Waals surface area contributed by atoms with Crippen LogP contribution in [0.1, 0.15) is 19.4 Å². The molecule has 1 fully saturated rings. The summed E-state index contributed by atoms with van der Waals surface area (Å²) in [4.78, 5) is 17.8. The molecule has 2 rings (SSSR count). The first-order valence-electron chi connectivity index (χ1n) is 6.17. The quantitative estimate of drug-likeness (QED) is 0.746. The molecule has 0 N–H and O–H groups in total. The third-order valence-electron chi connectivity index (χ3n) is 2.86. The van der Waals surface area contributed by atoms with Crippen molar-refractivity contribution in [2.45, 2.75) is 26.1 Å².